The maximum atomic E-state index is 13.9. The lowest BCUT2D eigenvalue weighted by molar-refractivity contribution is 0.571. The predicted molar refractivity (Wildman–Crippen MR) is 81.1 cm³/mol. The normalized spacial score (nSPS) is 10.9. The third kappa shape index (κ3) is 3.31. The van der Waals surface area contributed by atoms with Crippen LogP contribution in [0.1, 0.15) is 30.9 Å². The van der Waals surface area contributed by atoms with Gasteiger partial charge in [-0.25, -0.2) is 8.78 Å². The lowest BCUT2D eigenvalue weighted by Crippen LogP contribution is -1.96. The molecule has 0 bridgehead atoms. The van der Waals surface area contributed by atoms with Gasteiger partial charge in [0.25, 0.3) is 0 Å². The summed E-state index contributed by atoms with van der Waals surface area (Å²) < 4.78 is 30.0. The Morgan fingerprint density at radius 2 is 1.85 bits per heavy atom. The second-order valence-electron chi connectivity index (χ2n) is 4.97. The minimum Gasteiger partial charge on any atom is -0.323 e. The fourth-order valence-corrected chi connectivity index (χ4v) is 2.52. The first kappa shape index (κ1) is 14.9. The molecule has 0 heterocycles. The molecule has 1 nitrogen and oxygen atoms in total. The third-order valence-electron chi connectivity index (χ3n) is 3.12. The van der Waals surface area contributed by atoms with Gasteiger partial charge in [-0.15, -0.1) is 0 Å². The molecule has 0 spiro atoms. The predicted octanol–water partition coefficient (Wildman–Crippen LogP) is 5.52. The first-order valence-electron chi connectivity index (χ1n) is 6.46. The van der Waals surface area contributed by atoms with Gasteiger partial charge in [-0.3, -0.25) is 0 Å². The molecule has 2 rings (SSSR count). The Bertz CT molecular complexity index is 611. The first-order chi connectivity index (χ1) is 9.49. The number of rotatable bonds is 4. The molecule has 0 amide bonds. The van der Waals surface area contributed by atoms with Crippen molar-refractivity contribution in [3.8, 4) is 0 Å². The zero-order valence-corrected chi connectivity index (χ0v) is 12.5. The molecule has 0 saturated carbocycles. The van der Waals surface area contributed by atoms with E-state index in [1.165, 1.54) is 36.6 Å². The van der Waals surface area contributed by atoms with Gasteiger partial charge in [0.2, 0.25) is 0 Å². The summed E-state index contributed by atoms with van der Waals surface area (Å²) in [6.45, 7) is 5.68. The van der Waals surface area contributed by atoms with Crippen molar-refractivity contribution in [3.05, 3.63) is 59.2 Å². The lowest BCUT2D eigenvalue weighted by Gasteiger charge is -2.10. The van der Waals surface area contributed by atoms with E-state index in [2.05, 4.69) is 30.7 Å². The van der Waals surface area contributed by atoms with E-state index in [-0.39, 0.29) is 5.56 Å². The van der Waals surface area contributed by atoms with Crippen molar-refractivity contribution in [3.63, 3.8) is 0 Å². The number of nitrogens with one attached hydrogen (secondary N) is 1. The summed E-state index contributed by atoms with van der Waals surface area (Å²) in [7, 11) is 0. The summed E-state index contributed by atoms with van der Waals surface area (Å²) in [5.41, 5.74) is 1.56. The third-order valence-corrected chi connectivity index (χ3v) is 3.94. The van der Waals surface area contributed by atoms with Crippen LogP contribution in [0.2, 0.25) is 0 Å². The van der Waals surface area contributed by atoms with Gasteiger partial charge in [0.15, 0.2) is 5.82 Å². The highest BCUT2D eigenvalue weighted by atomic mass is 32.2. The second kappa shape index (κ2) is 6.27. The van der Waals surface area contributed by atoms with E-state index in [9.17, 15) is 8.78 Å². The number of hydrogen-bond donors (Lipinski definition) is 1. The van der Waals surface area contributed by atoms with Gasteiger partial charge in [-0.1, -0.05) is 26.0 Å². The smallest absolute Gasteiger partial charge is 0.152 e. The Morgan fingerprint density at radius 1 is 1.10 bits per heavy atom. The van der Waals surface area contributed by atoms with E-state index in [0.717, 1.165) is 4.90 Å². The molecule has 20 heavy (non-hydrogen) atoms. The van der Waals surface area contributed by atoms with Gasteiger partial charge in [-0.2, -0.15) is 0 Å². The Labute approximate surface area is 122 Å². The molecule has 0 aromatic heterocycles. The van der Waals surface area contributed by atoms with Crippen molar-refractivity contribution in [2.75, 3.05) is 4.72 Å². The van der Waals surface area contributed by atoms with Gasteiger partial charge in [0.05, 0.1) is 5.69 Å². The number of anilines is 1. The molecule has 0 saturated heterocycles. The number of halogens is 2. The van der Waals surface area contributed by atoms with Crippen LogP contribution < -0.4 is 4.72 Å². The van der Waals surface area contributed by atoms with Gasteiger partial charge in [-0.05, 0) is 54.6 Å². The van der Waals surface area contributed by atoms with Gasteiger partial charge < -0.3 is 4.72 Å². The van der Waals surface area contributed by atoms with Crippen molar-refractivity contribution in [1.82, 2.24) is 0 Å². The molecule has 2 aromatic rings. The summed E-state index contributed by atoms with van der Waals surface area (Å²) in [6, 6.07) is 10.8. The van der Waals surface area contributed by atoms with Crippen LogP contribution in [0, 0.1) is 18.6 Å². The highest BCUT2D eigenvalue weighted by Gasteiger charge is 2.10. The molecule has 0 unspecified atom stereocenters. The highest BCUT2D eigenvalue weighted by Crippen LogP contribution is 2.27. The second-order valence-corrected chi connectivity index (χ2v) is 5.84. The molecular formula is C16H17F2NS. The van der Waals surface area contributed by atoms with Crippen molar-refractivity contribution in [2.24, 2.45) is 0 Å². The molecule has 106 valence electrons. The summed E-state index contributed by atoms with van der Waals surface area (Å²) in [5, 5.41) is 0. The van der Waals surface area contributed by atoms with Crippen molar-refractivity contribution in [1.29, 1.82) is 0 Å². The minimum absolute atomic E-state index is 0.0338. The fraction of sp³-hybridized carbons (Fsp3) is 0.250. The monoisotopic (exact) mass is 293 g/mol. The average molecular weight is 293 g/mol. The van der Waals surface area contributed by atoms with Crippen LogP contribution in [0.5, 0.6) is 0 Å². The quantitative estimate of drug-likeness (QED) is 0.745. The molecular weight excluding hydrogens is 276 g/mol. The standard InChI is InChI=1S/C16H17F2NS/c1-10(2)12-5-4-6-13(9-12)20-19-15-8-7-14(17)11(3)16(15)18/h4-10,19H,1-3H3. The minimum atomic E-state index is -0.544. The molecule has 0 aliphatic heterocycles. The number of hydrogen-bond acceptors (Lipinski definition) is 2. The lowest BCUT2D eigenvalue weighted by atomic mass is 10.0. The fourth-order valence-electron chi connectivity index (χ4n) is 1.79. The summed E-state index contributed by atoms with van der Waals surface area (Å²) in [4.78, 5) is 0.998. The van der Waals surface area contributed by atoms with Crippen molar-refractivity contribution < 1.29 is 8.78 Å². The molecule has 0 fully saturated rings. The van der Waals surface area contributed by atoms with Crippen LogP contribution in [-0.4, -0.2) is 0 Å². The van der Waals surface area contributed by atoms with Gasteiger partial charge >= 0.3 is 0 Å². The molecule has 4 heteroatoms. The zero-order valence-electron chi connectivity index (χ0n) is 11.7. The molecule has 0 atom stereocenters. The van der Waals surface area contributed by atoms with Crippen LogP contribution in [-0.2, 0) is 0 Å². The van der Waals surface area contributed by atoms with Crippen molar-refractivity contribution in [2.45, 2.75) is 31.6 Å². The van der Waals surface area contributed by atoms with Crippen LogP contribution in [0.4, 0.5) is 14.5 Å². The van der Waals surface area contributed by atoms with Crippen molar-refractivity contribution >= 4 is 17.6 Å². The molecule has 0 aliphatic rings. The molecule has 1 N–H and O–H groups in total. The number of benzene rings is 2. The largest absolute Gasteiger partial charge is 0.323 e. The summed E-state index contributed by atoms with van der Waals surface area (Å²) >= 11 is 1.32. The molecule has 0 aliphatic carbocycles. The Morgan fingerprint density at radius 3 is 2.55 bits per heavy atom. The maximum Gasteiger partial charge on any atom is 0.152 e. The van der Waals surface area contributed by atoms with Crippen LogP contribution in [0.15, 0.2) is 41.3 Å². The van der Waals surface area contributed by atoms with E-state index in [4.69, 9.17) is 0 Å². The molecule has 0 radical (unpaired) electrons. The van der Waals surface area contributed by atoms with E-state index >= 15 is 0 Å². The first-order valence-corrected chi connectivity index (χ1v) is 7.28. The van der Waals surface area contributed by atoms with E-state index < -0.39 is 11.6 Å². The Hall–Kier alpha value is -1.55. The Balaban J connectivity index is 2.13. The van der Waals surface area contributed by atoms with Crippen LogP contribution in [0.25, 0.3) is 0 Å². The average Bonchev–Trinajstić information content (AvgIpc) is 2.44. The SMILES string of the molecule is Cc1c(F)ccc(NSc2cccc(C(C)C)c2)c1F. The molecule has 2 aromatic carbocycles. The van der Waals surface area contributed by atoms with Crippen LogP contribution in [0.3, 0.4) is 0 Å². The van der Waals surface area contributed by atoms with E-state index in [0.29, 0.717) is 11.6 Å². The van der Waals surface area contributed by atoms with Gasteiger partial charge in [0.1, 0.15) is 5.82 Å². The summed E-state index contributed by atoms with van der Waals surface area (Å²) in [6.07, 6.45) is 0. The van der Waals surface area contributed by atoms with Gasteiger partial charge in [0, 0.05) is 10.5 Å². The highest BCUT2D eigenvalue weighted by molar-refractivity contribution is 8.00. The van der Waals surface area contributed by atoms with E-state index in [1.54, 1.807) is 0 Å². The zero-order chi connectivity index (χ0) is 14.7. The maximum absolute atomic E-state index is 13.9. The summed E-state index contributed by atoms with van der Waals surface area (Å²) in [5.74, 6) is -0.627. The van der Waals surface area contributed by atoms with Crippen LogP contribution >= 0.6 is 11.9 Å². The topological polar surface area (TPSA) is 12.0 Å². The Kier molecular flexibility index (Phi) is 4.65. The van der Waals surface area contributed by atoms with E-state index in [1.807, 2.05) is 12.1 Å².